The summed E-state index contributed by atoms with van der Waals surface area (Å²) in [5.74, 6) is -0.323. The molecule has 262 valence electrons. The van der Waals surface area contributed by atoms with E-state index in [2.05, 4.69) is 43.3 Å². The number of rotatable bonds is 9. The zero-order chi connectivity index (χ0) is 36.6. The monoisotopic (exact) mass is 702 g/mol. The van der Waals surface area contributed by atoms with Crippen molar-refractivity contribution in [2.24, 2.45) is 14.1 Å². The van der Waals surface area contributed by atoms with E-state index in [1.165, 1.54) is 17.7 Å². The molecule has 0 spiro atoms. The molecule has 5 aromatic rings. The molecular weight excluding hydrogens is 660 g/mol. The second-order valence-corrected chi connectivity index (χ2v) is 14.0. The second kappa shape index (κ2) is 14.5. The van der Waals surface area contributed by atoms with Crippen molar-refractivity contribution in [2.75, 3.05) is 25.5 Å². The first-order valence-electron chi connectivity index (χ1n) is 17.1. The normalized spacial score (nSPS) is 14.0. The third kappa shape index (κ3) is 6.90. The lowest BCUT2D eigenvalue weighted by Gasteiger charge is -2.38. The van der Waals surface area contributed by atoms with Crippen molar-refractivity contribution >= 4 is 34.8 Å². The van der Waals surface area contributed by atoms with E-state index in [0.717, 1.165) is 37.1 Å². The fourth-order valence-corrected chi connectivity index (χ4v) is 7.25. The highest BCUT2D eigenvalue weighted by molar-refractivity contribution is 6.31. The third-order valence-corrected chi connectivity index (χ3v) is 10.4. The van der Waals surface area contributed by atoms with Gasteiger partial charge in [0, 0.05) is 65.6 Å². The fourth-order valence-electron chi connectivity index (χ4n) is 7.07. The van der Waals surface area contributed by atoms with Crippen LogP contribution < -0.4 is 4.90 Å². The maximum Gasteiger partial charge on any atom is 0.264 e. The Morgan fingerprint density at radius 3 is 2.29 bits per heavy atom. The Hall–Kier alpha value is -5.30. The molecule has 0 saturated heterocycles. The molecule has 51 heavy (non-hydrogen) atoms. The number of hydrogen-bond donors (Lipinski definition) is 1. The molecule has 0 fully saturated rings. The van der Waals surface area contributed by atoms with Crippen LogP contribution in [-0.4, -0.2) is 62.5 Å². The van der Waals surface area contributed by atoms with Crippen LogP contribution in [0.15, 0.2) is 78.9 Å². The van der Waals surface area contributed by atoms with Crippen LogP contribution in [0.1, 0.15) is 61.8 Å². The molecule has 0 aliphatic carbocycles. The molecule has 0 radical (unpaired) electrons. The minimum absolute atomic E-state index is 0.0365. The molecule has 0 saturated carbocycles. The average molecular weight is 703 g/mol. The van der Waals surface area contributed by atoms with Gasteiger partial charge in [0.1, 0.15) is 17.5 Å². The first-order valence-corrected chi connectivity index (χ1v) is 17.5. The maximum atomic E-state index is 14.7. The minimum atomic E-state index is -0.318. The highest BCUT2D eigenvalue weighted by Crippen LogP contribution is 2.37. The number of aromatic nitrogens is 2. The van der Waals surface area contributed by atoms with Gasteiger partial charge in [-0.25, -0.2) is 0 Å². The molecule has 0 unspecified atom stereocenters. The van der Waals surface area contributed by atoms with E-state index >= 15 is 0 Å². The summed E-state index contributed by atoms with van der Waals surface area (Å²) >= 11 is 6.62. The van der Waals surface area contributed by atoms with Gasteiger partial charge in [0.2, 0.25) is 0 Å². The first kappa shape index (κ1) is 35.5. The maximum absolute atomic E-state index is 14.7. The number of anilines is 2. The quantitative estimate of drug-likeness (QED) is 0.169. The van der Waals surface area contributed by atoms with Gasteiger partial charge in [0.05, 0.1) is 11.3 Å². The van der Waals surface area contributed by atoms with Gasteiger partial charge in [-0.2, -0.15) is 5.26 Å². The predicted molar refractivity (Wildman–Crippen MR) is 202 cm³/mol. The number of nitriles is 1. The lowest BCUT2D eigenvalue weighted by atomic mass is 9.90. The zero-order valence-corrected chi connectivity index (χ0v) is 30.7. The van der Waals surface area contributed by atoms with Gasteiger partial charge >= 0.3 is 0 Å². The summed E-state index contributed by atoms with van der Waals surface area (Å²) in [6, 6.07) is 25.8. The fraction of sp³-hybridized carbons (Fsp3) is 0.293. The van der Waals surface area contributed by atoms with Crippen molar-refractivity contribution in [3.63, 3.8) is 0 Å². The summed E-state index contributed by atoms with van der Waals surface area (Å²) in [7, 11) is 7.79. The number of nitrogens with zero attached hydrogens (tertiary/aromatic N) is 6. The summed E-state index contributed by atoms with van der Waals surface area (Å²) in [6.07, 6.45) is 2.64. The standard InChI is InChI=1S/C41H43ClN6O3/c1-26-36(41(51)48(31-14-16-34(49)17-15-31)38-22-33(24-43)45(5)27(38)2)23-39(46(26)6)37-21-30(42)13-18-35(37)40(50)47-25-29-11-8-7-10-28(29)20-32(47)12-9-19-44(3)4/h7-8,10-11,13-18,21-23,32,49H,9,12,19-20,25H2,1-6H3/t32-/m1/s1. The van der Waals surface area contributed by atoms with Crippen molar-refractivity contribution in [3.8, 4) is 23.1 Å². The van der Waals surface area contributed by atoms with Gasteiger partial charge in [0.15, 0.2) is 0 Å². The number of fused-ring (bicyclic) bond motifs is 1. The zero-order valence-electron chi connectivity index (χ0n) is 29.9. The number of amides is 2. The molecule has 0 bridgehead atoms. The molecule has 1 aliphatic rings. The van der Waals surface area contributed by atoms with Crippen molar-refractivity contribution < 1.29 is 14.7 Å². The van der Waals surface area contributed by atoms with E-state index < -0.39 is 0 Å². The number of phenolic OH excluding ortho intramolecular Hbond substituents is 1. The Morgan fingerprint density at radius 2 is 1.63 bits per heavy atom. The molecule has 1 aliphatic heterocycles. The SMILES string of the molecule is Cc1c(N(C(=O)c2cc(-c3cc(Cl)ccc3C(=O)N3Cc4ccccc4C[C@H]3CCCN(C)C)n(C)c2C)c2ccc(O)cc2)cc(C#N)n1C. The Kier molecular flexibility index (Phi) is 10.1. The predicted octanol–water partition coefficient (Wildman–Crippen LogP) is 7.77. The van der Waals surface area contributed by atoms with Crippen molar-refractivity contribution in [1.29, 1.82) is 5.26 Å². The number of benzene rings is 3. The summed E-state index contributed by atoms with van der Waals surface area (Å²) < 4.78 is 3.67. The van der Waals surface area contributed by atoms with E-state index in [-0.39, 0.29) is 23.6 Å². The van der Waals surface area contributed by atoms with Gasteiger partial charge in [-0.1, -0.05) is 35.9 Å². The first-order chi connectivity index (χ1) is 24.4. The molecule has 10 heteroatoms. The van der Waals surface area contributed by atoms with E-state index in [9.17, 15) is 20.0 Å². The molecule has 1 atom stereocenters. The van der Waals surface area contributed by atoms with Crippen molar-refractivity contribution in [1.82, 2.24) is 18.9 Å². The van der Waals surface area contributed by atoms with Crippen LogP contribution in [0, 0.1) is 25.2 Å². The number of carbonyl (C=O) groups is 2. The Labute approximate surface area is 304 Å². The number of aromatic hydroxyl groups is 1. The molecule has 9 nitrogen and oxygen atoms in total. The molecule has 6 rings (SSSR count). The topological polar surface area (TPSA) is 97.7 Å². The number of phenols is 1. The van der Waals surface area contributed by atoms with E-state index in [1.807, 2.05) is 42.5 Å². The van der Waals surface area contributed by atoms with Crippen molar-refractivity contribution in [2.45, 2.75) is 45.7 Å². The van der Waals surface area contributed by atoms with Crippen LogP contribution in [0.5, 0.6) is 5.75 Å². The summed E-state index contributed by atoms with van der Waals surface area (Å²) in [4.78, 5) is 35.1. The second-order valence-electron chi connectivity index (χ2n) is 13.6. The smallest absolute Gasteiger partial charge is 0.264 e. The lowest BCUT2D eigenvalue weighted by Crippen LogP contribution is -2.44. The number of hydrogen-bond acceptors (Lipinski definition) is 5. The number of halogens is 1. The van der Waals surface area contributed by atoms with Gasteiger partial charge < -0.3 is 24.0 Å². The van der Waals surface area contributed by atoms with Crippen LogP contribution in [0.3, 0.4) is 0 Å². The van der Waals surface area contributed by atoms with E-state index in [4.69, 9.17) is 11.6 Å². The lowest BCUT2D eigenvalue weighted by molar-refractivity contribution is 0.0625. The minimum Gasteiger partial charge on any atom is -0.508 e. The molecule has 2 aromatic heterocycles. The van der Waals surface area contributed by atoms with Gasteiger partial charge in [0.25, 0.3) is 11.8 Å². The summed E-state index contributed by atoms with van der Waals surface area (Å²) in [5.41, 5.74) is 7.61. The average Bonchev–Trinajstić information content (AvgIpc) is 3.57. The van der Waals surface area contributed by atoms with Crippen molar-refractivity contribution in [3.05, 3.63) is 123 Å². The molecule has 2 amide bonds. The van der Waals surface area contributed by atoms with Crippen LogP contribution in [0.2, 0.25) is 5.02 Å². The van der Waals surface area contributed by atoms with E-state index in [0.29, 0.717) is 56.7 Å². The Morgan fingerprint density at radius 1 is 0.922 bits per heavy atom. The van der Waals surface area contributed by atoms with Gasteiger partial charge in [-0.05, 0) is 119 Å². The van der Waals surface area contributed by atoms with Crippen LogP contribution in [-0.2, 0) is 27.1 Å². The molecule has 3 aromatic carbocycles. The van der Waals surface area contributed by atoms with E-state index in [1.54, 1.807) is 52.9 Å². The van der Waals surface area contributed by atoms with Crippen LogP contribution >= 0.6 is 11.6 Å². The summed E-state index contributed by atoms with van der Waals surface area (Å²) in [5, 5.41) is 20.3. The molecular formula is C41H43ClN6O3. The van der Waals surface area contributed by atoms with Crippen LogP contribution in [0.4, 0.5) is 11.4 Å². The third-order valence-electron chi connectivity index (χ3n) is 10.2. The number of carbonyl (C=O) groups excluding carboxylic acids is 2. The van der Waals surface area contributed by atoms with Gasteiger partial charge in [-0.15, -0.1) is 0 Å². The Bertz CT molecular complexity index is 2160. The molecule has 1 N–H and O–H groups in total. The Balaban J connectivity index is 1.42. The highest BCUT2D eigenvalue weighted by Gasteiger charge is 2.33. The summed E-state index contributed by atoms with van der Waals surface area (Å²) in [6.45, 7) is 5.19. The van der Waals surface area contributed by atoms with Crippen LogP contribution in [0.25, 0.3) is 11.3 Å². The molecule has 3 heterocycles. The largest absolute Gasteiger partial charge is 0.508 e. The highest BCUT2D eigenvalue weighted by atomic mass is 35.5. The van der Waals surface area contributed by atoms with Gasteiger partial charge in [-0.3, -0.25) is 14.5 Å².